The van der Waals surface area contributed by atoms with Gasteiger partial charge in [0.05, 0.1) is 0 Å². The highest BCUT2D eigenvalue weighted by Crippen LogP contribution is 2.29. The Hall–Kier alpha value is -0.860. The van der Waals surface area contributed by atoms with Crippen LogP contribution in [-0.4, -0.2) is 30.6 Å². The molecule has 0 amide bonds. The van der Waals surface area contributed by atoms with E-state index >= 15 is 0 Å². The van der Waals surface area contributed by atoms with Crippen LogP contribution in [0.5, 0.6) is 0 Å². The van der Waals surface area contributed by atoms with Crippen molar-refractivity contribution in [1.82, 2.24) is 10.2 Å². The molecule has 4 rings (SSSR count). The zero-order valence-electron chi connectivity index (χ0n) is 13.1. The topological polar surface area (TPSA) is 15.3 Å². The molecule has 1 aromatic carbocycles. The van der Waals surface area contributed by atoms with Gasteiger partial charge in [-0.05, 0) is 55.8 Å². The third kappa shape index (κ3) is 2.91. The van der Waals surface area contributed by atoms with Gasteiger partial charge in [0.2, 0.25) is 0 Å². The summed E-state index contributed by atoms with van der Waals surface area (Å²) in [4.78, 5) is 2.62. The van der Waals surface area contributed by atoms with Crippen molar-refractivity contribution in [3.8, 4) is 0 Å². The van der Waals surface area contributed by atoms with Gasteiger partial charge in [0, 0.05) is 18.6 Å². The van der Waals surface area contributed by atoms with Crippen molar-refractivity contribution in [3.63, 3.8) is 0 Å². The van der Waals surface area contributed by atoms with Crippen LogP contribution in [0.4, 0.5) is 0 Å². The van der Waals surface area contributed by atoms with Gasteiger partial charge >= 0.3 is 0 Å². The van der Waals surface area contributed by atoms with Gasteiger partial charge in [-0.1, -0.05) is 38.1 Å². The van der Waals surface area contributed by atoms with Crippen molar-refractivity contribution in [2.75, 3.05) is 19.6 Å². The number of hydrogen-bond acceptors (Lipinski definition) is 2. The van der Waals surface area contributed by atoms with Crippen LogP contribution in [0.1, 0.15) is 56.7 Å². The summed E-state index contributed by atoms with van der Waals surface area (Å²) in [6.07, 6.45) is 2.77. The molecule has 0 radical (unpaired) electrons. The lowest BCUT2D eigenvalue weighted by atomic mass is 9.83. The third-order valence-electron chi connectivity index (χ3n) is 5.22. The first-order chi connectivity index (χ1) is 9.63. The van der Waals surface area contributed by atoms with Crippen molar-refractivity contribution in [1.29, 1.82) is 0 Å². The van der Waals surface area contributed by atoms with Crippen LogP contribution in [0.3, 0.4) is 0 Å². The van der Waals surface area contributed by atoms with Gasteiger partial charge < -0.3 is 10.2 Å². The molecule has 110 valence electrons. The quantitative estimate of drug-likeness (QED) is 0.901. The molecule has 1 aromatic rings. The Morgan fingerprint density at radius 3 is 2.10 bits per heavy atom. The fourth-order valence-electron chi connectivity index (χ4n) is 3.74. The Kier molecular flexibility index (Phi) is 4.13. The monoisotopic (exact) mass is 272 g/mol. The Morgan fingerprint density at radius 1 is 1.00 bits per heavy atom. The molecule has 2 bridgehead atoms. The molecule has 0 saturated carbocycles. The molecule has 3 heterocycles. The molecule has 0 aromatic heterocycles. The molecule has 1 N–H and O–H groups in total. The van der Waals surface area contributed by atoms with Gasteiger partial charge in [0.1, 0.15) is 0 Å². The van der Waals surface area contributed by atoms with E-state index in [4.69, 9.17) is 0 Å². The lowest BCUT2D eigenvalue weighted by molar-refractivity contribution is 0.0680. The average Bonchev–Trinajstić information content (AvgIpc) is 2.48. The Morgan fingerprint density at radius 2 is 1.60 bits per heavy atom. The Balaban J connectivity index is 1.62. The fourth-order valence-corrected chi connectivity index (χ4v) is 3.74. The number of nitrogens with one attached hydrogen (secondary N) is 1. The maximum absolute atomic E-state index is 3.87. The molecule has 2 nitrogen and oxygen atoms in total. The summed E-state index contributed by atoms with van der Waals surface area (Å²) in [5.41, 5.74) is 2.86. The van der Waals surface area contributed by atoms with Crippen molar-refractivity contribution in [2.24, 2.45) is 5.92 Å². The zero-order valence-corrected chi connectivity index (χ0v) is 13.1. The second-order valence-electron chi connectivity index (χ2n) is 6.95. The normalized spacial score (nSPS) is 30.7. The number of benzene rings is 1. The number of hydrogen-bond donors (Lipinski definition) is 1. The van der Waals surface area contributed by atoms with Crippen molar-refractivity contribution >= 4 is 0 Å². The van der Waals surface area contributed by atoms with E-state index in [2.05, 4.69) is 55.3 Å². The van der Waals surface area contributed by atoms with Crippen molar-refractivity contribution < 1.29 is 0 Å². The van der Waals surface area contributed by atoms with E-state index < -0.39 is 0 Å². The largest absolute Gasteiger partial charge is 0.306 e. The first-order valence-electron chi connectivity index (χ1n) is 8.21. The molecule has 2 atom stereocenters. The predicted octanol–water partition coefficient (Wildman–Crippen LogP) is 3.55. The first kappa shape index (κ1) is 14.1. The van der Waals surface area contributed by atoms with E-state index in [1.54, 1.807) is 0 Å². The molecule has 3 aliphatic heterocycles. The summed E-state index contributed by atoms with van der Waals surface area (Å²) >= 11 is 0. The van der Waals surface area contributed by atoms with Crippen LogP contribution in [-0.2, 0) is 0 Å². The van der Waals surface area contributed by atoms with Crippen molar-refractivity contribution in [2.45, 2.75) is 51.6 Å². The number of nitrogens with zero attached hydrogens (tertiary/aromatic N) is 1. The van der Waals surface area contributed by atoms with Gasteiger partial charge in [0.25, 0.3) is 0 Å². The van der Waals surface area contributed by atoms with Gasteiger partial charge in [0.15, 0.2) is 0 Å². The fraction of sp³-hybridized carbons (Fsp3) is 0.667. The number of piperidine rings is 3. The van der Waals surface area contributed by atoms with Gasteiger partial charge in [-0.25, -0.2) is 0 Å². The van der Waals surface area contributed by atoms with Crippen LogP contribution >= 0.6 is 0 Å². The average molecular weight is 272 g/mol. The first-order valence-corrected chi connectivity index (χ1v) is 8.21. The summed E-state index contributed by atoms with van der Waals surface area (Å²) in [5.74, 6) is 1.52. The lowest BCUT2D eigenvalue weighted by Crippen LogP contribution is -2.56. The molecule has 0 aliphatic carbocycles. The van der Waals surface area contributed by atoms with E-state index in [1.165, 1.54) is 43.6 Å². The number of rotatable bonds is 4. The standard InChI is InChI=1S/C18H28N2/c1-13(2)15-4-6-16(7-5-15)14(3)19-18-12-20-10-8-17(18)9-11-20/h4-7,13-14,17-19H,8-12H2,1-3H3. The highest BCUT2D eigenvalue weighted by atomic mass is 15.2. The van der Waals surface area contributed by atoms with E-state index in [0.717, 1.165) is 5.92 Å². The molecule has 20 heavy (non-hydrogen) atoms. The van der Waals surface area contributed by atoms with Crippen LogP contribution in [0.25, 0.3) is 0 Å². The van der Waals surface area contributed by atoms with Gasteiger partial charge in [-0.3, -0.25) is 0 Å². The van der Waals surface area contributed by atoms with E-state index in [9.17, 15) is 0 Å². The van der Waals surface area contributed by atoms with Gasteiger partial charge in [-0.15, -0.1) is 0 Å². The molecular weight excluding hydrogens is 244 g/mol. The second-order valence-corrected chi connectivity index (χ2v) is 6.95. The minimum absolute atomic E-state index is 0.460. The summed E-state index contributed by atoms with van der Waals surface area (Å²) in [5, 5.41) is 3.87. The molecule has 0 spiro atoms. The highest BCUT2D eigenvalue weighted by molar-refractivity contribution is 5.26. The van der Waals surface area contributed by atoms with E-state index in [0.29, 0.717) is 18.0 Å². The minimum Gasteiger partial charge on any atom is -0.306 e. The van der Waals surface area contributed by atoms with E-state index in [-0.39, 0.29) is 0 Å². The third-order valence-corrected chi connectivity index (χ3v) is 5.22. The summed E-state index contributed by atoms with van der Waals surface area (Å²) in [6, 6.07) is 10.3. The minimum atomic E-state index is 0.460. The van der Waals surface area contributed by atoms with Gasteiger partial charge in [-0.2, -0.15) is 0 Å². The van der Waals surface area contributed by atoms with Crippen LogP contribution in [0.15, 0.2) is 24.3 Å². The highest BCUT2D eigenvalue weighted by Gasteiger charge is 2.34. The molecule has 2 heteroatoms. The summed E-state index contributed by atoms with van der Waals surface area (Å²) in [7, 11) is 0. The smallest absolute Gasteiger partial charge is 0.0295 e. The summed E-state index contributed by atoms with van der Waals surface area (Å²) in [6.45, 7) is 10.7. The van der Waals surface area contributed by atoms with Crippen LogP contribution in [0.2, 0.25) is 0 Å². The second kappa shape index (κ2) is 5.87. The Labute approximate surface area is 123 Å². The molecular formula is C18H28N2. The lowest BCUT2D eigenvalue weighted by Gasteiger charge is -2.46. The molecule has 3 fully saturated rings. The van der Waals surface area contributed by atoms with Crippen molar-refractivity contribution in [3.05, 3.63) is 35.4 Å². The molecule has 3 aliphatic rings. The predicted molar refractivity (Wildman–Crippen MR) is 85.0 cm³/mol. The zero-order chi connectivity index (χ0) is 14.1. The van der Waals surface area contributed by atoms with Crippen LogP contribution < -0.4 is 5.32 Å². The molecule has 3 saturated heterocycles. The van der Waals surface area contributed by atoms with E-state index in [1.807, 2.05) is 0 Å². The maximum atomic E-state index is 3.87. The SMILES string of the molecule is CC(C)c1ccc(C(C)NC2CN3CCC2CC3)cc1. The molecule has 2 unspecified atom stereocenters. The summed E-state index contributed by atoms with van der Waals surface area (Å²) < 4.78 is 0. The maximum Gasteiger partial charge on any atom is 0.0295 e. The van der Waals surface area contributed by atoms with Crippen LogP contribution in [0, 0.1) is 5.92 Å². The Bertz CT molecular complexity index is 429. The number of fused-ring (bicyclic) bond motifs is 3.